The third kappa shape index (κ3) is 4.38. The zero-order valence-corrected chi connectivity index (χ0v) is 13.6. The molecule has 0 aliphatic carbocycles. The Bertz CT molecular complexity index is 341. The number of carboxylic acids is 1. The van der Waals surface area contributed by atoms with Crippen LogP contribution in [0.25, 0.3) is 0 Å². The summed E-state index contributed by atoms with van der Waals surface area (Å²) in [4.78, 5) is 25.6. The average Bonchev–Trinajstić information content (AvgIpc) is 2.72. The molecule has 1 saturated heterocycles. The molecule has 4 atom stereocenters. The first-order valence-electron chi connectivity index (χ1n) is 7.18. The van der Waals surface area contributed by atoms with Gasteiger partial charge in [-0.2, -0.15) is 11.8 Å². The molecule has 0 spiro atoms. The summed E-state index contributed by atoms with van der Waals surface area (Å²) in [5, 5.41) is 11.8. The van der Waals surface area contributed by atoms with Gasteiger partial charge in [-0.1, -0.05) is 0 Å². The van der Waals surface area contributed by atoms with E-state index in [1.165, 1.54) is 0 Å². The van der Waals surface area contributed by atoms with E-state index < -0.39 is 12.0 Å². The minimum absolute atomic E-state index is 0.181. The molecule has 0 bridgehead atoms. The van der Waals surface area contributed by atoms with Crippen LogP contribution in [0.1, 0.15) is 40.0 Å². The third-order valence-corrected chi connectivity index (χ3v) is 4.72. The molecule has 5 nitrogen and oxygen atoms in total. The van der Waals surface area contributed by atoms with E-state index in [2.05, 4.69) is 24.1 Å². The molecule has 116 valence electrons. The third-order valence-electron chi connectivity index (χ3n) is 4.07. The molecule has 1 aliphatic rings. The van der Waals surface area contributed by atoms with Crippen LogP contribution in [0.3, 0.4) is 0 Å². The van der Waals surface area contributed by atoms with Crippen molar-refractivity contribution < 1.29 is 14.7 Å². The highest BCUT2D eigenvalue weighted by molar-refractivity contribution is 7.98. The number of rotatable bonds is 7. The van der Waals surface area contributed by atoms with Crippen LogP contribution >= 0.6 is 11.8 Å². The minimum Gasteiger partial charge on any atom is -0.480 e. The van der Waals surface area contributed by atoms with Gasteiger partial charge in [0.1, 0.15) is 6.04 Å². The van der Waals surface area contributed by atoms with E-state index in [1.54, 1.807) is 11.8 Å². The lowest BCUT2D eigenvalue weighted by molar-refractivity contribution is -0.142. The van der Waals surface area contributed by atoms with Gasteiger partial charge in [0.05, 0.1) is 6.04 Å². The second-order valence-corrected chi connectivity index (χ2v) is 6.57. The highest BCUT2D eigenvalue weighted by atomic mass is 32.2. The quantitative estimate of drug-likeness (QED) is 0.747. The Labute approximate surface area is 125 Å². The molecule has 0 aromatic carbocycles. The standard InChI is InChI=1S/C14H26N2O3S/c1-9-5-6-10(2)16(9)11(3)13(17)15-12(14(18)19)7-8-20-4/h9-12H,5-8H2,1-4H3,(H,15,17)(H,18,19)/t9?,10?,11?,12-/m0/s1. The van der Waals surface area contributed by atoms with Gasteiger partial charge < -0.3 is 10.4 Å². The van der Waals surface area contributed by atoms with E-state index in [9.17, 15) is 9.59 Å². The zero-order chi connectivity index (χ0) is 15.3. The Balaban J connectivity index is 2.61. The number of hydrogen-bond acceptors (Lipinski definition) is 4. The molecule has 0 saturated carbocycles. The minimum atomic E-state index is -0.956. The van der Waals surface area contributed by atoms with Gasteiger partial charge in [0.2, 0.25) is 5.91 Å². The molecular weight excluding hydrogens is 276 g/mol. The first kappa shape index (κ1) is 17.3. The van der Waals surface area contributed by atoms with Crippen LogP contribution in [0.15, 0.2) is 0 Å². The first-order chi connectivity index (χ1) is 9.38. The molecule has 3 unspecified atom stereocenters. The van der Waals surface area contributed by atoms with E-state index in [1.807, 2.05) is 13.2 Å². The van der Waals surface area contributed by atoms with Crippen molar-refractivity contribution >= 4 is 23.6 Å². The fourth-order valence-electron chi connectivity index (χ4n) is 2.90. The molecule has 1 aliphatic heterocycles. The van der Waals surface area contributed by atoms with Gasteiger partial charge in [0.25, 0.3) is 0 Å². The summed E-state index contributed by atoms with van der Waals surface area (Å²) in [6.07, 6.45) is 4.57. The zero-order valence-electron chi connectivity index (χ0n) is 12.8. The van der Waals surface area contributed by atoms with Gasteiger partial charge in [-0.3, -0.25) is 9.69 Å². The van der Waals surface area contributed by atoms with E-state index in [0.717, 1.165) is 18.6 Å². The maximum absolute atomic E-state index is 12.3. The molecule has 1 amide bonds. The monoisotopic (exact) mass is 302 g/mol. The Hall–Kier alpha value is -0.750. The number of aliphatic carboxylic acids is 1. The van der Waals surface area contributed by atoms with Crippen molar-refractivity contribution in [3.63, 3.8) is 0 Å². The van der Waals surface area contributed by atoms with Crippen LogP contribution in [0.5, 0.6) is 0 Å². The van der Waals surface area contributed by atoms with Crippen molar-refractivity contribution in [1.29, 1.82) is 0 Å². The maximum Gasteiger partial charge on any atom is 0.326 e. The number of nitrogens with one attached hydrogen (secondary N) is 1. The number of likely N-dealkylation sites (tertiary alicyclic amines) is 1. The van der Waals surface area contributed by atoms with Crippen LogP contribution in [0.2, 0.25) is 0 Å². The number of carboxylic acid groups (broad SMARTS) is 1. The average molecular weight is 302 g/mol. The lowest BCUT2D eigenvalue weighted by Gasteiger charge is -2.32. The Kier molecular flexibility index (Phi) is 6.82. The van der Waals surface area contributed by atoms with E-state index in [4.69, 9.17) is 5.11 Å². The van der Waals surface area contributed by atoms with Crippen LogP contribution in [-0.4, -0.2) is 58.1 Å². The molecular formula is C14H26N2O3S. The topological polar surface area (TPSA) is 69.6 Å². The highest BCUT2D eigenvalue weighted by Gasteiger charge is 2.35. The number of amides is 1. The van der Waals surface area contributed by atoms with Crippen LogP contribution < -0.4 is 5.32 Å². The van der Waals surface area contributed by atoms with E-state index >= 15 is 0 Å². The Morgan fingerprint density at radius 2 is 1.90 bits per heavy atom. The van der Waals surface area contributed by atoms with Crippen LogP contribution in [0, 0.1) is 0 Å². The summed E-state index contributed by atoms with van der Waals surface area (Å²) in [5.41, 5.74) is 0. The van der Waals surface area contributed by atoms with Crippen molar-refractivity contribution in [3.8, 4) is 0 Å². The van der Waals surface area contributed by atoms with Crippen LogP contribution in [0.4, 0.5) is 0 Å². The van der Waals surface area contributed by atoms with Gasteiger partial charge in [-0.15, -0.1) is 0 Å². The molecule has 0 radical (unpaired) electrons. The highest BCUT2D eigenvalue weighted by Crippen LogP contribution is 2.25. The van der Waals surface area contributed by atoms with Gasteiger partial charge in [0.15, 0.2) is 0 Å². The molecule has 1 heterocycles. The van der Waals surface area contributed by atoms with E-state index in [-0.39, 0.29) is 11.9 Å². The van der Waals surface area contributed by atoms with Gasteiger partial charge in [-0.05, 0) is 52.0 Å². The molecule has 0 aromatic heterocycles. The first-order valence-corrected chi connectivity index (χ1v) is 8.57. The summed E-state index contributed by atoms with van der Waals surface area (Å²) >= 11 is 1.58. The summed E-state index contributed by atoms with van der Waals surface area (Å²) in [5.74, 6) is -0.413. The van der Waals surface area contributed by atoms with Crippen molar-refractivity contribution in [2.75, 3.05) is 12.0 Å². The van der Waals surface area contributed by atoms with Crippen molar-refractivity contribution in [2.24, 2.45) is 0 Å². The lowest BCUT2D eigenvalue weighted by Crippen LogP contribution is -2.53. The predicted molar refractivity (Wildman–Crippen MR) is 82.0 cm³/mol. The Morgan fingerprint density at radius 3 is 2.35 bits per heavy atom. The number of carbonyl (C=O) groups is 2. The van der Waals surface area contributed by atoms with Gasteiger partial charge in [-0.25, -0.2) is 4.79 Å². The number of hydrogen-bond donors (Lipinski definition) is 2. The maximum atomic E-state index is 12.3. The molecule has 1 rings (SSSR count). The largest absolute Gasteiger partial charge is 0.480 e. The molecule has 6 heteroatoms. The molecule has 2 N–H and O–H groups in total. The van der Waals surface area contributed by atoms with E-state index in [0.29, 0.717) is 18.5 Å². The summed E-state index contributed by atoms with van der Waals surface area (Å²) in [6, 6.07) is -0.315. The van der Waals surface area contributed by atoms with Crippen molar-refractivity contribution in [1.82, 2.24) is 10.2 Å². The summed E-state index contributed by atoms with van der Waals surface area (Å²) in [7, 11) is 0. The number of thioether (sulfide) groups is 1. The lowest BCUT2D eigenvalue weighted by atomic mass is 10.1. The van der Waals surface area contributed by atoms with Crippen LogP contribution in [-0.2, 0) is 9.59 Å². The summed E-state index contributed by atoms with van der Waals surface area (Å²) in [6.45, 7) is 6.10. The van der Waals surface area contributed by atoms with Crippen molar-refractivity contribution in [3.05, 3.63) is 0 Å². The number of nitrogens with zero attached hydrogens (tertiary/aromatic N) is 1. The molecule has 20 heavy (non-hydrogen) atoms. The normalized spacial score (nSPS) is 26.2. The summed E-state index contributed by atoms with van der Waals surface area (Å²) < 4.78 is 0. The molecule has 0 aromatic rings. The Morgan fingerprint density at radius 1 is 1.35 bits per heavy atom. The van der Waals surface area contributed by atoms with Crippen molar-refractivity contribution in [2.45, 2.75) is 64.2 Å². The predicted octanol–water partition coefficient (Wildman–Crippen LogP) is 1.57. The van der Waals surface area contributed by atoms with Gasteiger partial charge in [0, 0.05) is 12.1 Å². The second kappa shape index (κ2) is 7.88. The smallest absolute Gasteiger partial charge is 0.326 e. The number of carbonyl (C=O) groups excluding carboxylic acids is 1. The second-order valence-electron chi connectivity index (χ2n) is 5.58. The SMILES string of the molecule is CSCC[C@H](NC(=O)C(C)N1C(C)CCC1C)C(=O)O. The molecule has 1 fully saturated rings. The fourth-order valence-corrected chi connectivity index (χ4v) is 3.37. The van der Waals surface area contributed by atoms with Gasteiger partial charge >= 0.3 is 5.97 Å². The fraction of sp³-hybridized carbons (Fsp3) is 0.857.